The molecule has 0 aliphatic carbocycles. The summed E-state index contributed by atoms with van der Waals surface area (Å²) < 4.78 is 28.1. The number of rotatable bonds is 10. The first-order valence-electron chi connectivity index (χ1n) is 10.7. The first-order valence-corrected chi connectivity index (χ1v) is 12.7. The van der Waals surface area contributed by atoms with E-state index in [4.69, 9.17) is 10.2 Å². The van der Waals surface area contributed by atoms with Gasteiger partial charge >= 0.3 is 5.97 Å². The minimum atomic E-state index is -3.81. The Bertz CT molecular complexity index is 1150. The van der Waals surface area contributed by atoms with Crippen molar-refractivity contribution in [3.8, 4) is 16.9 Å². The SMILES string of the molecule is CC(C)c1nn(-c2ccccc2)c(-c2ccc(F)cc2)c1CCP(=O)(O)C[C@@H](O)CC(=O)O. The third kappa shape index (κ3) is 6.38. The van der Waals surface area contributed by atoms with Crippen molar-refractivity contribution in [2.24, 2.45) is 0 Å². The van der Waals surface area contributed by atoms with Gasteiger partial charge in [0.25, 0.3) is 0 Å². The Morgan fingerprint density at radius 2 is 1.76 bits per heavy atom. The molecule has 3 rings (SSSR count). The summed E-state index contributed by atoms with van der Waals surface area (Å²) in [6.45, 7) is 3.95. The molecule has 9 heteroatoms. The maximum atomic E-state index is 13.6. The summed E-state index contributed by atoms with van der Waals surface area (Å²) in [6.07, 6.45) is -2.42. The van der Waals surface area contributed by atoms with Crippen LogP contribution < -0.4 is 0 Å². The fraction of sp³-hybridized carbons (Fsp3) is 0.333. The van der Waals surface area contributed by atoms with Crippen molar-refractivity contribution in [2.45, 2.75) is 38.7 Å². The number of carboxylic acids is 1. The molecule has 2 aromatic carbocycles. The molecule has 0 spiro atoms. The van der Waals surface area contributed by atoms with Crippen molar-refractivity contribution < 1.29 is 28.9 Å². The molecule has 7 nitrogen and oxygen atoms in total. The van der Waals surface area contributed by atoms with Gasteiger partial charge in [0, 0.05) is 17.3 Å². The lowest BCUT2D eigenvalue weighted by Crippen LogP contribution is -2.18. The van der Waals surface area contributed by atoms with Crippen LogP contribution in [0.3, 0.4) is 0 Å². The van der Waals surface area contributed by atoms with Crippen LogP contribution in [0.25, 0.3) is 16.9 Å². The normalized spacial score (nSPS) is 14.2. The molecule has 2 atom stereocenters. The largest absolute Gasteiger partial charge is 0.481 e. The Kier molecular flexibility index (Phi) is 7.84. The predicted molar refractivity (Wildman–Crippen MR) is 125 cm³/mol. The smallest absolute Gasteiger partial charge is 0.305 e. The van der Waals surface area contributed by atoms with Gasteiger partial charge in [-0.1, -0.05) is 32.0 Å². The van der Waals surface area contributed by atoms with E-state index in [1.165, 1.54) is 12.1 Å². The van der Waals surface area contributed by atoms with Crippen molar-refractivity contribution in [3.63, 3.8) is 0 Å². The average Bonchev–Trinajstić information content (AvgIpc) is 3.12. The summed E-state index contributed by atoms with van der Waals surface area (Å²) in [4.78, 5) is 21.2. The molecule has 1 unspecified atom stereocenters. The van der Waals surface area contributed by atoms with Crippen LogP contribution in [0, 0.1) is 5.82 Å². The highest BCUT2D eigenvalue weighted by molar-refractivity contribution is 7.58. The van der Waals surface area contributed by atoms with Gasteiger partial charge in [0.1, 0.15) is 5.82 Å². The maximum absolute atomic E-state index is 13.6. The Morgan fingerprint density at radius 1 is 1.12 bits per heavy atom. The van der Waals surface area contributed by atoms with Crippen LogP contribution in [0.2, 0.25) is 0 Å². The number of benzene rings is 2. The molecule has 176 valence electrons. The highest BCUT2D eigenvalue weighted by Crippen LogP contribution is 2.44. The van der Waals surface area contributed by atoms with E-state index < -0.39 is 32.0 Å². The number of hydrogen-bond acceptors (Lipinski definition) is 4. The molecule has 1 aromatic heterocycles. The van der Waals surface area contributed by atoms with Gasteiger partial charge in [-0.05, 0) is 48.7 Å². The summed E-state index contributed by atoms with van der Waals surface area (Å²) in [6, 6.07) is 15.5. The highest BCUT2D eigenvalue weighted by atomic mass is 31.2. The Morgan fingerprint density at radius 3 is 2.33 bits per heavy atom. The number of aliphatic hydroxyl groups excluding tert-OH is 1. The van der Waals surface area contributed by atoms with Gasteiger partial charge in [-0.25, -0.2) is 9.07 Å². The van der Waals surface area contributed by atoms with Crippen molar-refractivity contribution in [1.82, 2.24) is 9.78 Å². The molecule has 0 saturated heterocycles. The molecular formula is C24H28FN2O5P. The topological polar surface area (TPSA) is 113 Å². The molecule has 0 bridgehead atoms. The molecular weight excluding hydrogens is 446 g/mol. The molecule has 3 aromatic rings. The molecule has 0 saturated carbocycles. The lowest BCUT2D eigenvalue weighted by Gasteiger charge is -2.16. The zero-order chi connectivity index (χ0) is 24.2. The number of hydrogen-bond donors (Lipinski definition) is 3. The van der Waals surface area contributed by atoms with Crippen LogP contribution in [0.5, 0.6) is 0 Å². The summed E-state index contributed by atoms with van der Waals surface area (Å²) in [5, 5.41) is 23.5. The van der Waals surface area contributed by atoms with Gasteiger partial charge in [0.2, 0.25) is 7.37 Å². The molecule has 1 heterocycles. The van der Waals surface area contributed by atoms with Crippen molar-refractivity contribution in [1.29, 1.82) is 0 Å². The zero-order valence-corrected chi connectivity index (χ0v) is 19.5. The van der Waals surface area contributed by atoms with Crippen molar-refractivity contribution >= 4 is 13.3 Å². The quantitative estimate of drug-likeness (QED) is 0.374. The van der Waals surface area contributed by atoms with Gasteiger partial charge in [-0.2, -0.15) is 5.10 Å². The Balaban J connectivity index is 2.04. The van der Waals surface area contributed by atoms with Gasteiger partial charge < -0.3 is 15.1 Å². The van der Waals surface area contributed by atoms with Crippen LogP contribution in [-0.4, -0.2) is 49.3 Å². The van der Waals surface area contributed by atoms with E-state index in [2.05, 4.69) is 0 Å². The monoisotopic (exact) mass is 474 g/mol. The summed E-state index contributed by atoms with van der Waals surface area (Å²) in [7, 11) is -3.81. The second-order valence-corrected chi connectivity index (χ2v) is 10.9. The number of para-hydroxylation sites is 1. The molecule has 33 heavy (non-hydrogen) atoms. The second-order valence-electron chi connectivity index (χ2n) is 8.38. The molecule has 0 amide bonds. The zero-order valence-electron chi connectivity index (χ0n) is 18.6. The number of halogens is 1. The van der Waals surface area contributed by atoms with E-state index in [1.807, 2.05) is 44.2 Å². The minimum Gasteiger partial charge on any atom is -0.481 e. The summed E-state index contributed by atoms with van der Waals surface area (Å²) in [5.74, 6) is -1.59. The summed E-state index contributed by atoms with van der Waals surface area (Å²) >= 11 is 0. The second kappa shape index (κ2) is 10.4. The molecule has 0 radical (unpaired) electrons. The third-order valence-electron chi connectivity index (χ3n) is 5.30. The van der Waals surface area contributed by atoms with E-state index in [0.29, 0.717) is 11.3 Å². The standard InChI is InChI=1S/C24H28FN2O5P/c1-16(2)23-21(12-13-33(31,32)15-20(28)14-22(29)30)24(17-8-10-18(25)11-9-17)27(26-23)19-6-4-3-5-7-19/h3-11,16,20,28H,12-15H2,1-2H3,(H,29,30)(H,31,32)/t20-/m0/s1. The highest BCUT2D eigenvalue weighted by Gasteiger charge is 2.28. The number of nitrogens with zero attached hydrogens (tertiary/aromatic N) is 2. The number of carbonyl (C=O) groups is 1. The van der Waals surface area contributed by atoms with E-state index in [9.17, 15) is 23.7 Å². The van der Waals surface area contributed by atoms with E-state index >= 15 is 0 Å². The van der Waals surface area contributed by atoms with Gasteiger partial charge in [0.15, 0.2) is 0 Å². The van der Waals surface area contributed by atoms with Crippen molar-refractivity contribution in [3.05, 3.63) is 71.7 Å². The van der Waals surface area contributed by atoms with E-state index in [1.54, 1.807) is 16.8 Å². The Labute approximate surface area is 192 Å². The molecule has 3 N–H and O–H groups in total. The lowest BCUT2D eigenvalue weighted by atomic mass is 9.98. The van der Waals surface area contributed by atoms with Crippen LogP contribution in [-0.2, 0) is 15.8 Å². The number of aliphatic carboxylic acids is 1. The van der Waals surface area contributed by atoms with E-state index in [-0.39, 0.29) is 24.3 Å². The fourth-order valence-corrected chi connectivity index (χ4v) is 5.35. The van der Waals surface area contributed by atoms with Gasteiger partial charge in [-0.3, -0.25) is 9.36 Å². The molecule has 0 aliphatic heterocycles. The van der Waals surface area contributed by atoms with Crippen LogP contribution in [0.4, 0.5) is 4.39 Å². The summed E-state index contributed by atoms with van der Waals surface area (Å²) in [5.41, 5.74) is 3.74. The van der Waals surface area contributed by atoms with E-state index in [0.717, 1.165) is 16.9 Å². The maximum Gasteiger partial charge on any atom is 0.305 e. The average molecular weight is 474 g/mol. The van der Waals surface area contributed by atoms with Crippen LogP contribution >= 0.6 is 7.37 Å². The van der Waals surface area contributed by atoms with Crippen LogP contribution in [0.1, 0.15) is 37.4 Å². The minimum absolute atomic E-state index is 0.0137. The number of carboxylic acid groups (broad SMARTS) is 1. The van der Waals surface area contributed by atoms with Crippen LogP contribution in [0.15, 0.2) is 54.6 Å². The lowest BCUT2D eigenvalue weighted by molar-refractivity contribution is -0.138. The van der Waals surface area contributed by atoms with Gasteiger partial charge in [-0.15, -0.1) is 0 Å². The number of aromatic nitrogens is 2. The predicted octanol–water partition coefficient (Wildman–Crippen LogP) is 4.45. The first kappa shape index (κ1) is 24.8. The molecule has 0 aliphatic rings. The van der Waals surface area contributed by atoms with Gasteiger partial charge in [0.05, 0.1) is 35.8 Å². The first-order chi connectivity index (χ1) is 15.6. The van der Waals surface area contributed by atoms with Crippen molar-refractivity contribution in [2.75, 3.05) is 12.3 Å². The molecule has 0 fully saturated rings. The Hall–Kier alpha value is -2.80. The number of aliphatic hydroxyl groups is 1. The fourth-order valence-electron chi connectivity index (χ4n) is 3.81. The third-order valence-corrected chi connectivity index (χ3v) is 7.21.